The van der Waals surface area contributed by atoms with Gasteiger partial charge in [-0.05, 0) is 56.5 Å². The molecule has 120 valence electrons. The van der Waals surface area contributed by atoms with Crippen LogP contribution in [0, 0.1) is 17.3 Å². The lowest BCUT2D eigenvalue weighted by Gasteiger charge is -2.42. The zero-order valence-electron chi connectivity index (χ0n) is 15.0. The molecule has 0 saturated carbocycles. The average Bonchev–Trinajstić information content (AvgIpc) is 2.33. The molecule has 4 unspecified atom stereocenters. The van der Waals surface area contributed by atoms with Crippen molar-refractivity contribution in [3.8, 4) is 0 Å². The first-order valence-electron chi connectivity index (χ1n) is 8.73. The fourth-order valence-corrected chi connectivity index (χ4v) is 3.58. The van der Waals surface area contributed by atoms with E-state index in [0.29, 0.717) is 11.5 Å². The molecule has 1 heterocycles. The third kappa shape index (κ3) is 5.37. The maximum absolute atomic E-state index is 3.76. The summed E-state index contributed by atoms with van der Waals surface area (Å²) in [7, 11) is 0. The Morgan fingerprint density at radius 3 is 2.40 bits per heavy atom. The molecule has 0 spiro atoms. The van der Waals surface area contributed by atoms with Crippen LogP contribution in [0.5, 0.6) is 0 Å². The smallest absolute Gasteiger partial charge is 0.0128 e. The summed E-state index contributed by atoms with van der Waals surface area (Å²) in [6.07, 6.45) is 3.89. The quantitative estimate of drug-likeness (QED) is 0.787. The molecule has 1 aliphatic rings. The zero-order chi connectivity index (χ0) is 15.3. The number of rotatable bonds is 6. The largest absolute Gasteiger partial charge is 0.313 e. The van der Waals surface area contributed by atoms with Crippen molar-refractivity contribution >= 4 is 0 Å². The van der Waals surface area contributed by atoms with Crippen LogP contribution in [0.1, 0.15) is 67.7 Å². The van der Waals surface area contributed by atoms with E-state index in [1.807, 2.05) is 0 Å². The molecule has 2 heteroatoms. The Balaban J connectivity index is 2.53. The van der Waals surface area contributed by atoms with E-state index in [4.69, 9.17) is 0 Å². The summed E-state index contributed by atoms with van der Waals surface area (Å²) in [5.41, 5.74) is 0.353. The zero-order valence-corrected chi connectivity index (χ0v) is 15.0. The van der Waals surface area contributed by atoms with Gasteiger partial charge in [0.2, 0.25) is 0 Å². The summed E-state index contributed by atoms with van der Waals surface area (Å²) in [6, 6.07) is 1.38. The Bertz CT molecular complexity index is 269. The minimum Gasteiger partial charge on any atom is -0.313 e. The van der Waals surface area contributed by atoms with Gasteiger partial charge in [-0.3, -0.25) is 0 Å². The lowest BCUT2D eigenvalue weighted by atomic mass is 9.83. The molecule has 2 nitrogen and oxygen atoms in total. The van der Waals surface area contributed by atoms with Gasteiger partial charge >= 0.3 is 0 Å². The summed E-state index contributed by atoms with van der Waals surface area (Å²) in [4.78, 5) is 2.73. The van der Waals surface area contributed by atoms with Gasteiger partial charge in [-0.2, -0.15) is 0 Å². The summed E-state index contributed by atoms with van der Waals surface area (Å²) in [5, 5.41) is 3.76. The van der Waals surface area contributed by atoms with E-state index in [1.54, 1.807) is 0 Å². The van der Waals surface area contributed by atoms with Crippen LogP contribution < -0.4 is 5.32 Å². The molecule has 1 rings (SSSR count). The fraction of sp³-hybridized carbons (Fsp3) is 1.00. The number of piperidine rings is 1. The Labute approximate surface area is 127 Å². The van der Waals surface area contributed by atoms with Crippen molar-refractivity contribution in [3.63, 3.8) is 0 Å². The molecule has 1 aliphatic heterocycles. The Morgan fingerprint density at radius 2 is 1.85 bits per heavy atom. The van der Waals surface area contributed by atoms with Crippen LogP contribution in [0.4, 0.5) is 0 Å². The van der Waals surface area contributed by atoms with E-state index < -0.39 is 0 Å². The highest BCUT2D eigenvalue weighted by atomic mass is 15.2. The summed E-state index contributed by atoms with van der Waals surface area (Å²) >= 11 is 0. The lowest BCUT2D eigenvalue weighted by molar-refractivity contribution is 0.0704. The van der Waals surface area contributed by atoms with Crippen LogP contribution >= 0.6 is 0 Å². The third-order valence-corrected chi connectivity index (χ3v) is 5.11. The van der Waals surface area contributed by atoms with Crippen molar-refractivity contribution in [2.45, 2.75) is 79.8 Å². The van der Waals surface area contributed by atoms with Gasteiger partial charge < -0.3 is 10.2 Å². The molecular formula is C18H38N2. The van der Waals surface area contributed by atoms with Crippen LogP contribution in [0.2, 0.25) is 0 Å². The average molecular weight is 283 g/mol. The normalized spacial score (nSPS) is 30.4. The van der Waals surface area contributed by atoms with Crippen molar-refractivity contribution in [2.24, 2.45) is 17.3 Å². The van der Waals surface area contributed by atoms with Gasteiger partial charge in [0.15, 0.2) is 0 Å². The SMILES string of the molecule is CCCNC(CCN1CC(C)CC(C)C1C)C(C)(C)C. The maximum Gasteiger partial charge on any atom is 0.0128 e. The van der Waals surface area contributed by atoms with E-state index in [2.05, 4.69) is 58.7 Å². The molecule has 0 aromatic carbocycles. The number of hydrogen-bond donors (Lipinski definition) is 1. The molecule has 1 saturated heterocycles. The molecular weight excluding hydrogens is 244 g/mol. The van der Waals surface area contributed by atoms with E-state index in [1.165, 1.54) is 32.4 Å². The predicted molar refractivity (Wildman–Crippen MR) is 90.1 cm³/mol. The van der Waals surface area contributed by atoms with Crippen LogP contribution in [0.15, 0.2) is 0 Å². The second kappa shape index (κ2) is 7.79. The number of nitrogens with zero attached hydrogens (tertiary/aromatic N) is 1. The molecule has 20 heavy (non-hydrogen) atoms. The molecule has 1 fully saturated rings. The van der Waals surface area contributed by atoms with E-state index in [0.717, 1.165) is 24.4 Å². The van der Waals surface area contributed by atoms with Gasteiger partial charge in [0, 0.05) is 18.6 Å². The first-order valence-corrected chi connectivity index (χ1v) is 8.73. The van der Waals surface area contributed by atoms with Crippen molar-refractivity contribution < 1.29 is 0 Å². The molecule has 0 aromatic rings. The lowest BCUT2D eigenvalue weighted by Crippen LogP contribution is -2.49. The summed E-state index contributed by atoms with van der Waals surface area (Å²) < 4.78 is 0. The van der Waals surface area contributed by atoms with E-state index >= 15 is 0 Å². The Kier molecular flexibility index (Phi) is 7.00. The Hall–Kier alpha value is -0.0800. The Morgan fingerprint density at radius 1 is 1.20 bits per heavy atom. The highest BCUT2D eigenvalue weighted by molar-refractivity contribution is 4.86. The van der Waals surface area contributed by atoms with Gasteiger partial charge in [0.1, 0.15) is 0 Å². The second-order valence-electron chi connectivity index (χ2n) is 8.22. The van der Waals surface area contributed by atoms with Gasteiger partial charge in [0.25, 0.3) is 0 Å². The summed E-state index contributed by atoms with van der Waals surface area (Å²) in [6.45, 7) is 20.3. The third-order valence-electron chi connectivity index (χ3n) is 5.11. The molecule has 0 radical (unpaired) electrons. The molecule has 1 N–H and O–H groups in total. The van der Waals surface area contributed by atoms with E-state index in [-0.39, 0.29) is 0 Å². The molecule has 0 aliphatic carbocycles. The first kappa shape index (κ1) is 18.0. The maximum atomic E-state index is 3.76. The van der Waals surface area contributed by atoms with Crippen molar-refractivity contribution in [2.75, 3.05) is 19.6 Å². The highest BCUT2D eigenvalue weighted by Gasteiger charge is 2.30. The predicted octanol–water partition coefficient (Wildman–Crippen LogP) is 4.16. The van der Waals surface area contributed by atoms with Gasteiger partial charge in [-0.15, -0.1) is 0 Å². The molecule has 0 bridgehead atoms. The monoisotopic (exact) mass is 282 g/mol. The minimum atomic E-state index is 0.353. The van der Waals surface area contributed by atoms with Gasteiger partial charge in [-0.25, -0.2) is 0 Å². The van der Waals surface area contributed by atoms with Crippen molar-refractivity contribution in [1.82, 2.24) is 10.2 Å². The minimum absolute atomic E-state index is 0.353. The number of nitrogens with one attached hydrogen (secondary N) is 1. The standard InChI is InChI=1S/C18H38N2/c1-8-10-19-17(18(5,6)7)9-11-20-13-14(2)12-15(3)16(20)4/h14-17,19H,8-13H2,1-7H3. The van der Waals surface area contributed by atoms with Crippen LogP contribution in [0.25, 0.3) is 0 Å². The topological polar surface area (TPSA) is 15.3 Å². The molecule has 0 amide bonds. The second-order valence-corrected chi connectivity index (χ2v) is 8.22. The highest BCUT2D eigenvalue weighted by Crippen LogP contribution is 2.28. The van der Waals surface area contributed by atoms with Gasteiger partial charge in [-0.1, -0.05) is 41.5 Å². The fourth-order valence-electron chi connectivity index (χ4n) is 3.58. The van der Waals surface area contributed by atoms with Crippen LogP contribution in [-0.2, 0) is 0 Å². The molecule has 0 aromatic heterocycles. The van der Waals surface area contributed by atoms with Crippen molar-refractivity contribution in [1.29, 1.82) is 0 Å². The number of likely N-dealkylation sites (tertiary alicyclic amines) is 1. The van der Waals surface area contributed by atoms with Crippen LogP contribution in [-0.4, -0.2) is 36.6 Å². The first-order chi connectivity index (χ1) is 9.25. The van der Waals surface area contributed by atoms with Crippen molar-refractivity contribution in [3.05, 3.63) is 0 Å². The summed E-state index contributed by atoms with van der Waals surface area (Å²) in [5.74, 6) is 1.70. The van der Waals surface area contributed by atoms with Gasteiger partial charge in [0.05, 0.1) is 0 Å². The number of hydrogen-bond acceptors (Lipinski definition) is 2. The van der Waals surface area contributed by atoms with Crippen LogP contribution in [0.3, 0.4) is 0 Å². The molecule has 4 atom stereocenters. The van der Waals surface area contributed by atoms with E-state index in [9.17, 15) is 0 Å².